The van der Waals surface area contributed by atoms with Gasteiger partial charge in [-0.1, -0.05) is 12.8 Å². The Morgan fingerprint density at radius 3 is 2.83 bits per heavy atom. The van der Waals surface area contributed by atoms with Gasteiger partial charge >= 0.3 is 11.8 Å². The fourth-order valence-corrected chi connectivity index (χ4v) is 4.07. The number of carbonyl (C=O) groups excluding carboxylic acids is 2. The van der Waals surface area contributed by atoms with E-state index in [9.17, 15) is 14.0 Å². The third-order valence-corrected chi connectivity index (χ3v) is 5.12. The number of fused-ring (bicyclic) bond motifs is 1. The molecule has 2 aliphatic rings. The quantitative estimate of drug-likeness (QED) is 0.805. The number of halogens is 1. The summed E-state index contributed by atoms with van der Waals surface area (Å²) in [5, 5.41) is 11.5. The Hall–Kier alpha value is -2.42. The highest BCUT2D eigenvalue weighted by atomic mass is 19.1. The zero-order valence-corrected chi connectivity index (χ0v) is 13.6. The molecule has 126 valence electrons. The van der Waals surface area contributed by atoms with Crippen molar-refractivity contribution < 1.29 is 14.0 Å². The molecule has 1 aliphatic heterocycles. The highest BCUT2D eigenvalue weighted by Crippen LogP contribution is 2.39. The molecule has 5 nitrogen and oxygen atoms in total. The minimum Gasteiger partial charge on any atom is -0.328 e. The molecule has 1 saturated carbocycles. The van der Waals surface area contributed by atoms with Crippen LogP contribution in [0, 0.1) is 23.1 Å². The summed E-state index contributed by atoms with van der Waals surface area (Å²) in [5.74, 6) is -1.42. The summed E-state index contributed by atoms with van der Waals surface area (Å²) < 4.78 is 13.2. The minimum atomic E-state index is -0.767. The van der Waals surface area contributed by atoms with Gasteiger partial charge in [-0.05, 0) is 50.3 Å². The zero-order valence-electron chi connectivity index (χ0n) is 13.6. The van der Waals surface area contributed by atoms with Crippen molar-refractivity contribution in [1.29, 1.82) is 5.26 Å². The molecular formula is C18H20FN3O2. The van der Waals surface area contributed by atoms with E-state index in [1.54, 1.807) is 4.90 Å². The second-order valence-corrected chi connectivity index (χ2v) is 6.66. The first-order valence-electron chi connectivity index (χ1n) is 8.34. The number of hydrogen-bond acceptors (Lipinski definition) is 3. The maximum absolute atomic E-state index is 13.2. The summed E-state index contributed by atoms with van der Waals surface area (Å²) in [4.78, 5) is 26.7. The number of nitrogens with one attached hydrogen (secondary N) is 1. The molecule has 0 spiro atoms. The number of likely N-dealkylation sites (tertiary alicyclic amines) is 1. The van der Waals surface area contributed by atoms with E-state index < -0.39 is 17.6 Å². The molecule has 0 aromatic heterocycles. The van der Waals surface area contributed by atoms with Crippen LogP contribution in [-0.2, 0) is 9.59 Å². The number of amides is 2. The van der Waals surface area contributed by atoms with Crippen LogP contribution in [0.15, 0.2) is 18.2 Å². The predicted octanol–water partition coefficient (Wildman–Crippen LogP) is 2.82. The van der Waals surface area contributed by atoms with Crippen LogP contribution >= 0.6 is 0 Å². The molecule has 1 N–H and O–H groups in total. The van der Waals surface area contributed by atoms with Crippen LogP contribution < -0.4 is 5.32 Å². The number of anilines is 1. The topological polar surface area (TPSA) is 73.2 Å². The lowest BCUT2D eigenvalue weighted by Gasteiger charge is -2.32. The van der Waals surface area contributed by atoms with E-state index in [1.807, 2.05) is 13.0 Å². The van der Waals surface area contributed by atoms with Crippen molar-refractivity contribution in [2.45, 2.75) is 51.1 Å². The Bertz CT molecular complexity index is 713. The normalized spacial score (nSPS) is 25.7. The first-order valence-corrected chi connectivity index (χ1v) is 8.34. The summed E-state index contributed by atoms with van der Waals surface area (Å²) in [6.45, 7) is 1.97. The lowest BCUT2D eigenvalue weighted by Crippen LogP contribution is -2.47. The van der Waals surface area contributed by atoms with Crippen molar-refractivity contribution in [3.63, 3.8) is 0 Å². The molecule has 1 saturated heterocycles. The van der Waals surface area contributed by atoms with Gasteiger partial charge in [-0.2, -0.15) is 5.26 Å². The van der Waals surface area contributed by atoms with Gasteiger partial charge in [0.25, 0.3) is 0 Å². The molecule has 0 radical (unpaired) electrons. The first-order chi connectivity index (χ1) is 11.5. The molecule has 3 atom stereocenters. The Balaban J connectivity index is 1.76. The molecule has 1 aliphatic carbocycles. The summed E-state index contributed by atoms with van der Waals surface area (Å²) in [7, 11) is 0. The highest BCUT2D eigenvalue weighted by molar-refractivity contribution is 6.39. The largest absolute Gasteiger partial charge is 0.328 e. The zero-order chi connectivity index (χ0) is 17.3. The average Bonchev–Trinajstić information content (AvgIpc) is 2.91. The second kappa shape index (κ2) is 6.60. The van der Waals surface area contributed by atoms with E-state index in [-0.39, 0.29) is 23.3 Å². The Morgan fingerprint density at radius 1 is 1.33 bits per heavy atom. The van der Waals surface area contributed by atoms with Gasteiger partial charge in [-0.15, -0.1) is 0 Å². The van der Waals surface area contributed by atoms with Gasteiger partial charge in [-0.3, -0.25) is 9.59 Å². The molecule has 0 bridgehead atoms. The lowest BCUT2D eigenvalue weighted by molar-refractivity contribution is -0.145. The lowest BCUT2D eigenvalue weighted by atomic mass is 9.85. The predicted molar refractivity (Wildman–Crippen MR) is 86.4 cm³/mol. The van der Waals surface area contributed by atoms with E-state index in [0.717, 1.165) is 37.8 Å². The van der Waals surface area contributed by atoms with E-state index in [2.05, 4.69) is 5.32 Å². The molecule has 3 rings (SSSR count). The van der Waals surface area contributed by atoms with E-state index in [0.29, 0.717) is 5.92 Å². The van der Waals surface area contributed by atoms with Gasteiger partial charge in [0.2, 0.25) is 0 Å². The van der Waals surface area contributed by atoms with Crippen LogP contribution in [0.1, 0.15) is 44.6 Å². The minimum absolute atomic E-state index is 0.00108. The SMILES string of the molecule is CC1CC2CCCCC2N1C(=O)C(=O)Nc1ccc(F)cc1C#N. The van der Waals surface area contributed by atoms with Crippen LogP contribution in [0.3, 0.4) is 0 Å². The molecule has 1 aromatic carbocycles. The fourth-order valence-electron chi connectivity index (χ4n) is 4.07. The van der Waals surface area contributed by atoms with Crippen LogP contribution in [0.4, 0.5) is 10.1 Å². The van der Waals surface area contributed by atoms with Crippen LogP contribution in [0.5, 0.6) is 0 Å². The third-order valence-electron chi connectivity index (χ3n) is 5.12. The average molecular weight is 329 g/mol. The number of hydrogen-bond donors (Lipinski definition) is 1. The maximum Gasteiger partial charge on any atom is 0.313 e. The second-order valence-electron chi connectivity index (χ2n) is 6.66. The highest BCUT2D eigenvalue weighted by Gasteiger charge is 2.44. The molecule has 3 unspecified atom stereocenters. The number of nitriles is 1. The van der Waals surface area contributed by atoms with Gasteiger partial charge in [0.1, 0.15) is 11.9 Å². The molecule has 6 heteroatoms. The summed E-state index contributed by atoms with van der Waals surface area (Å²) in [5.41, 5.74) is 0.158. The van der Waals surface area contributed by atoms with E-state index in [1.165, 1.54) is 12.5 Å². The standard InChI is InChI=1S/C18H20FN3O2/c1-11-8-12-4-2-3-5-16(12)22(11)18(24)17(23)21-15-7-6-14(19)9-13(15)10-20/h6-7,9,11-12,16H,2-5,8H2,1H3,(H,21,23). The monoisotopic (exact) mass is 329 g/mol. The van der Waals surface area contributed by atoms with Crippen molar-refractivity contribution >= 4 is 17.5 Å². The number of carbonyl (C=O) groups is 2. The summed E-state index contributed by atoms with van der Waals surface area (Å²) in [6, 6.07) is 5.49. The Kier molecular flexibility index (Phi) is 4.52. The van der Waals surface area contributed by atoms with E-state index >= 15 is 0 Å². The fraction of sp³-hybridized carbons (Fsp3) is 0.500. The van der Waals surface area contributed by atoms with Crippen molar-refractivity contribution in [2.75, 3.05) is 5.32 Å². The molecule has 1 heterocycles. The van der Waals surface area contributed by atoms with Gasteiger partial charge in [0, 0.05) is 12.1 Å². The summed E-state index contributed by atoms with van der Waals surface area (Å²) >= 11 is 0. The van der Waals surface area contributed by atoms with Crippen molar-refractivity contribution in [3.05, 3.63) is 29.6 Å². The molecule has 1 aromatic rings. The third kappa shape index (κ3) is 2.99. The van der Waals surface area contributed by atoms with E-state index in [4.69, 9.17) is 5.26 Å². The summed E-state index contributed by atoms with van der Waals surface area (Å²) in [6.07, 6.45) is 5.24. The number of benzene rings is 1. The van der Waals surface area contributed by atoms with Gasteiger partial charge < -0.3 is 10.2 Å². The first kappa shape index (κ1) is 16.4. The van der Waals surface area contributed by atoms with Crippen molar-refractivity contribution in [3.8, 4) is 6.07 Å². The molecule has 2 fully saturated rings. The number of rotatable bonds is 1. The van der Waals surface area contributed by atoms with Gasteiger partial charge in [0.15, 0.2) is 0 Å². The van der Waals surface area contributed by atoms with Crippen LogP contribution in [0.25, 0.3) is 0 Å². The molecule has 24 heavy (non-hydrogen) atoms. The van der Waals surface area contributed by atoms with Gasteiger partial charge in [0.05, 0.1) is 11.3 Å². The Morgan fingerprint density at radius 2 is 2.08 bits per heavy atom. The smallest absolute Gasteiger partial charge is 0.313 e. The van der Waals surface area contributed by atoms with Crippen LogP contribution in [-0.4, -0.2) is 28.8 Å². The van der Waals surface area contributed by atoms with Crippen molar-refractivity contribution in [1.82, 2.24) is 4.90 Å². The number of nitrogens with zero attached hydrogens (tertiary/aromatic N) is 2. The Labute approximate surface area is 140 Å². The molecule has 2 amide bonds. The van der Waals surface area contributed by atoms with Gasteiger partial charge in [-0.25, -0.2) is 4.39 Å². The maximum atomic E-state index is 13.2. The van der Waals surface area contributed by atoms with Crippen molar-refractivity contribution in [2.24, 2.45) is 5.92 Å². The molecular weight excluding hydrogens is 309 g/mol. The van der Waals surface area contributed by atoms with Crippen LogP contribution in [0.2, 0.25) is 0 Å².